The molecule has 0 bridgehead atoms. The van der Waals surface area contributed by atoms with Gasteiger partial charge in [-0.05, 0) is 36.3 Å². The summed E-state index contributed by atoms with van der Waals surface area (Å²) >= 11 is 0. The lowest BCUT2D eigenvalue weighted by Gasteiger charge is -2.16. The summed E-state index contributed by atoms with van der Waals surface area (Å²) in [4.78, 5) is 0. The van der Waals surface area contributed by atoms with Crippen molar-refractivity contribution in [1.29, 1.82) is 0 Å². The molecule has 5 nitrogen and oxygen atoms in total. The van der Waals surface area contributed by atoms with E-state index >= 15 is 0 Å². The number of allylic oxidation sites excluding steroid dienone is 3. The lowest BCUT2D eigenvalue weighted by Crippen LogP contribution is -2.06. The molecule has 2 aromatic rings. The maximum Gasteiger partial charge on any atom is 0.206 e. The average Bonchev–Trinajstić information content (AvgIpc) is 3.04. The number of hydrogen-bond donors (Lipinski definition) is 2. The van der Waals surface area contributed by atoms with Gasteiger partial charge in [0.2, 0.25) is 5.82 Å². The lowest BCUT2D eigenvalue weighted by molar-refractivity contribution is 0.628. The van der Waals surface area contributed by atoms with Gasteiger partial charge < -0.3 is 5.32 Å². The van der Waals surface area contributed by atoms with Crippen LogP contribution in [0.15, 0.2) is 42.1 Å². The maximum atomic E-state index is 13.2. The topological polar surface area (TPSA) is 66.5 Å². The molecular weight excluding hydrogens is 269 g/mol. The van der Waals surface area contributed by atoms with Gasteiger partial charge in [0.25, 0.3) is 0 Å². The molecular formula is C15H18FN5. The standard InChI is InChI=1S/C13H12FN5.C2H6/c14-9-4-3-5-10(8-9)15-12-7-2-1-6-11(12)13-16-18-19-17-13;1-2/h3-8,15H,1-2H2,(H,16,17,18,19);1-2H3. The smallest absolute Gasteiger partial charge is 0.206 e. The molecule has 1 aliphatic carbocycles. The Labute approximate surface area is 123 Å². The largest absolute Gasteiger partial charge is 0.355 e. The number of H-pyrrole nitrogens is 1. The molecule has 0 amide bonds. The van der Waals surface area contributed by atoms with Crippen LogP contribution in [0.5, 0.6) is 0 Å². The number of anilines is 1. The van der Waals surface area contributed by atoms with E-state index in [2.05, 4.69) is 32.0 Å². The normalized spacial score (nSPS) is 13.7. The highest BCUT2D eigenvalue weighted by Crippen LogP contribution is 2.26. The van der Waals surface area contributed by atoms with E-state index in [0.717, 1.165) is 24.1 Å². The average molecular weight is 287 g/mol. The first kappa shape index (κ1) is 14.9. The van der Waals surface area contributed by atoms with Crippen LogP contribution in [-0.2, 0) is 0 Å². The number of nitrogens with zero attached hydrogens (tertiary/aromatic N) is 3. The van der Waals surface area contributed by atoms with E-state index in [0.29, 0.717) is 11.5 Å². The van der Waals surface area contributed by atoms with E-state index in [4.69, 9.17) is 0 Å². The van der Waals surface area contributed by atoms with Gasteiger partial charge in [-0.25, -0.2) is 4.39 Å². The fourth-order valence-electron chi connectivity index (χ4n) is 2.00. The molecule has 0 spiro atoms. The molecule has 1 aromatic carbocycles. The van der Waals surface area contributed by atoms with Crippen molar-refractivity contribution in [2.24, 2.45) is 0 Å². The van der Waals surface area contributed by atoms with Crippen molar-refractivity contribution in [3.63, 3.8) is 0 Å². The Balaban J connectivity index is 0.000000774. The molecule has 2 N–H and O–H groups in total. The summed E-state index contributed by atoms with van der Waals surface area (Å²) in [6.45, 7) is 4.00. The minimum absolute atomic E-state index is 0.272. The summed E-state index contributed by atoms with van der Waals surface area (Å²) < 4.78 is 13.2. The van der Waals surface area contributed by atoms with E-state index in [9.17, 15) is 4.39 Å². The van der Waals surface area contributed by atoms with Crippen molar-refractivity contribution >= 4 is 11.3 Å². The molecule has 0 atom stereocenters. The fourth-order valence-corrected chi connectivity index (χ4v) is 2.00. The molecule has 110 valence electrons. The van der Waals surface area contributed by atoms with Crippen LogP contribution in [0.2, 0.25) is 0 Å². The Kier molecular flexibility index (Phi) is 5.20. The summed E-state index contributed by atoms with van der Waals surface area (Å²) in [6.07, 6.45) is 5.96. The second-order valence-corrected chi connectivity index (χ2v) is 4.18. The summed E-state index contributed by atoms with van der Waals surface area (Å²) in [5.41, 5.74) is 2.45. The molecule has 0 fully saturated rings. The van der Waals surface area contributed by atoms with Crippen LogP contribution < -0.4 is 5.32 Å². The SMILES string of the molecule is CC.Fc1cccc(NC2=CCCC=C2c2nn[nH]n2)c1. The first-order valence-corrected chi connectivity index (χ1v) is 7.00. The van der Waals surface area contributed by atoms with Crippen LogP contribution in [0, 0.1) is 5.82 Å². The summed E-state index contributed by atoms with van der Waals surface area (Å²) in [7, 11) is 0. The molecule has 1 aromatic heterocycles. The molecule has 0 radical (unpaired) electrons. The monoisotopic (exact) mass is 287 g/mol. The summed E-state index contributed by atoms with van der Waals surface area (Å²) in [5.74, 6) is 0.265. The van der Waals surface area contributed by atoms with Crippen molar-refractivity contribution in [3.05, 3.63) is 53.8 Å². The third kappa shape index (κ3) is 3.75. The third-order valence-electron chi connectivity index (χ3n) is 2.84. The molecule has 0 saturated carbocycles. The fraction of sp³-hybridized carbons (Fsp3) is 0.267. The maximum absolute atomic E-state index is 13.2. The van der Waals surface area contributed by atoms with Crippen molar-refractivity contribution in [2.45, 2.75) is 26.7 Å². The number of aromatic nitrogens is 4. The first-order valence-electron chi connectivity index (χ1n) is 7.00. The number of tetrazole rings is 1. The van der Waals surface area contributed by atoms with Crippen LogP contribution in [0.1, 0.15) is 32.5 Å². The summed E-state index contributed by atoms with van der Waals surface area (Å²) in [5, 5.41) is 17.1. The van der Waals surface area contributed by atoms with Gasteiger partial charge in [0, 0.05) is 17.0 Å². The first-order chi connectivity index (χ1) is 10.3. The van der Waals surface area contributed by atoms with Crippen molar-refractivity contribution in [1.82, 2.24) is 20.6 Å². The highest BCUT2D eigenvalue weighted by atomic mass is 19.1. The van der Waals surface area contributed by atoms with Gasteiger partial charge >= 0.3 is 0 Å². The minimum atomic E-state index is -0.272. The highest BCUT2D eigenvalue weighted by molar-refractivity contribution is 5.79. The number of nitrogens with one attached hydrogen (secondary N) is 2. The van der Waals surface area contributed by atoms with Crippen molar-refractivity contribution in [2.75, 3.05) is 5.32 Å². The van der Waals surface area contributed by atoms with E-state index in [1.165, 1.54) is 12.1 Å². The van der Waals surface area contributed by atoms with E-state index in [1.807, 2.05) is 26.0 Å². The predicted octanol–water partition coefficient (Wildman–Crippen LogP) is 3.54. The van der Waals surface area contributed by atoms with Gasteiger partial charge in [-0.3, -0.25) is 0 Å². The van der Waals surface area contributed by atoms with Gasteiger partial charge in [0.15, 0.2) is 0 Å². The summed E-state index contributed by atoms with van der Waals surface area (Å²) in [6, 6.07) is 6.34. The molecule has 21 heavy (non-hydrogen) atoms. The molecule has 0 unspecified atom stereocenters. The van der Waals surface area contributed by atoms with Gasteiger partial charge in [0.1, 0.15) is 5.82 Å². The Hall–Kier alpha value is -2.50. The van der Waals surface area contributed by atoms with Crippen LogP contribution >= 0.6 is 0 Å². The second kappa shape index (κ2) is 7.33. The molecule has 1 aliphatic rings. The minimum Gasteiger partial charge on any atom is -0.355 e. The van der Waals surface area contributed by atoms with Crippen LogP contribution in [-0.4, -0.2) is 20.6 Å². The molecule has 0 aliphatic heterocycles. The highest BCUT2D eigenvalue weighted by Gasteiger charge is 2.15. The van der Waals surface area contributed by atoms with Crippen LogP contribution in [0.3, 0.4) is 0 Å². The number of halogens is 1. The Morgan fingerprint density at radius 1 is 1.19 bits per heavy atom. The van der Waals surface area contributed by atoms with E-state index < -0.39 is 0 Å². The Morgan fingerprint density at radius 3 is 2.71 bits per heavy atom. The third-order valence-corrected chi connectivity index (χ3v) is 2.84. The number of rotatable bonds is 3. The zero-order chi connectivity index (χ0) is 15.1. The predicted molar refractivity (Wildman–Crippen MR) is 80.8 cm³/mol. The molecule has 3 rings (SSSR count). The zero-order valence-electron chi connectivity index (χ0n) is 12.1. The van der Waals surface area contributed by atoms with Crippen LogP contribution in [0.4, 0.5) is 10.1 Å². The van der Waals surface area contributed by atoms with Crippen LogP contribution in [0.25, 0.3) is 5.57 Å². The number of benzene rings is 1. The molecule has 1 heterocycles. The van der Waals surface area contributed by atoms with Gasteiger partial charge in [-0.2, -0.15) is 5.21 Å². The zero-order valence-corrected chi connectivity index (χ0v) is 12.1. The number of hydrogen-bond acceptors (Lipinski definition) is 4. The number of aromatic amines is 1. The molecule has 0 saturated heterocycles. The Morgan fingerprint density at radius 2 is 2.00 bits per heavy atom. The second-order valence-electron chi connectivity index (χ2n) is 4.18. The Bertz CT molecular complexity index is 631. The van der Waals surface area contributed by atoms with E-state index in [-0.39, 0.29) is 5.82 Å². The quantitative estimate of drug-likeness (QED) is 0.906. The lowest BCUT2D eigenvalue weighted by atomic mass is 10.0. The van der Waals surface area contributed by atoms with Gasteiger partial charge in [0.05, 0.1) is 0 Å². The van der Waals surface area contributed by atoms with Crippen molar-refractivity contribution < 1.29 is 4.39 Å². The van der Waals surface area contributed by atoms with Crippen molar-refractivity contribution in [3.8, 4) is 0 Å². The van der Waals surface area contributed by atoms with Gasteiger partial charge in [-0.15, -0.1) is 10.2 Å². The van der Waals surface area contributed by atoms with Gasteiger partial charge in [-0.1, -0.05) is 32.1 Å². The molecule has 6 heteroatoms. The van der Waals surface area contributed by atoms with E-state index in [1.54, 1.807) is 6.07 Å².